The third-order valence-corrected chi connectivity index (χ3v) is 7.35. The molecule has 2 aromatic heterocycles. The molecule has 0 saturated carbocycles. The molecule has 8 heteroatoms. The van der Waals surface area contributed by atoms with E-state index in [4.69, 9.17) is 9.47 Å². The molecule has 0 fully saturated rings. The Hall–Kier alpha value is -2.13. The van der Waals surface area contributed by atoms with Crippen LogP contribution in [0.4, 0.5) is 0 Å². The maximum absolute atomic E-state index is 11.3. The van der Waals surface area contributed by atoms with E-state index in [2.05, 4.69) is 42.7 Å². The van der Waals surface area contributed by atoms with Crippen LogP contribution in [0.3, 0.4) is 0 Å². The van der Waals surface area contributed by atoms with Crippen molar-refractivity contribution in [2.75, 3.05) is 13.2 Å². The Bertz CT molecular complexity index is 1100. The molecule has 0 aliphatic carbocycles. The molecule has 0 amide bonds. The zero-order valence-corrected chi connectivity index (χ0v) is 20.4. The van der Waals surface area contributed by atoms with E-state index in [1.165, 1.54) is 21.1 Å². The fourth-order valence-corrected chi connectivity index (χ4v) is 5.31. The minimum absolute atomic E-state index is 0.244. The van der Waals surface area contributed by atoms with Gasteiger partial charge in [-0.3, -0.25) is 4.55 Å². The van der Waals surface area contributed by atoms with E-state index in [0.29, 0.717) is 19.4 Å². The van der Waals surface area contributed by atoms with Gasteiger partial charge in [-0.15, -0.1) is 11.3 Å². The molecular formula is C24H31NO5S2. The van der Waals surface area contributed by atoms with Gasteiger partial charge in [0.15, 0.2) is 5.44 Å². The third-order valence-electron chi connectivity index (χ3n) is 5.29. The number of ether oxygens (including phenoxy) is 2. The average Bonchev–Trinajstić information content (AvgIpc) is 3.33. The molecule has 32 heavy (non-hydrogen) atoms. The summed E-state index contributed by atoms with van der Waals surface area (Å²) in [7, 11) is -4.18. The maximum Gasteiger partial charge on any atom is 0.292 e. The van der Waals surface area contributed by atoms with Gasteiger partial charge >= 0.3 is 0 Å². The summed E-state index contributed by atoms with van der Waals surface area (Å²) in [6.07, 6.45) is 1.56. The smallest absolute Gasteiger partial charge is 0.292 e. The first kappa shape index (κ1) is 24.5. The zero-order valence-electron chi connectivity index (χ0n) is 18.8. The predicted molar refractivity (Wildman–Crippen MR) is 129 cm³/mol. The highest BCUT2D eigenvalue weighted by molar-refractivity contribution is 7.86. The van der Waals surface area contributed by atoms with Crippen molar-refractivity contribution in [3.05, 3.63) is 64.7 Å². The van der Waals surface area contributed by atoms with Crippen LogP contribution in [0, 0.1) is 13.8 Å². The van der Waals surface area contributed by atoms with Crippen LogP contribution in [0.1, 0.15) is 35.9 Å². The van der Waals surface area contributed by atoms with Gasteiger partial charge < -0.3 is 14.0 Å². The molecule has 0 bridgehead atoms. The Morgan fingerprint density at radius 2 is 1.81 bits per heavy atom. The van der Waals surface area contributed by atoms with Gasteiger partial charge in [-0.05, 0) is 82.0 Å². The Kier molecular flexibility index (Phi) is 8.53. The topological polar surface area (TPSA) is 77.8 Å². The maximum atomic E-state index is 11.3. The Morgan fingerprint density at radius 3 is 2.44 bits per heavy atom. The standard InChI is InChI=1S/C24H31NO5S2/c1-4-29-24(32(26,27)28)7-5-6-20-10-12-21(13-11-20)30-17-16-25-18(2)8-14-22(25)23-15-9-19(3)31-23/h8-15,24H,4-7,16-17H2,1-3H3,(H,26,27,28). The highest BCUT2D eigenvalue weighted by Gasteiger charge is 2.22. The lowest BCUT2D eigenvalue weighted by atomic mass is 10.1. The number of hydrogen-bond acceptors (Lipinski definition) is 5. The molecule has 0 aliphatic heterocycles. The van der Waals surface area contributed by atoms with Crippen LogP contribution in [-0.4, -0.2) is 36.2 Å². The summed E-state index contributed by atoms with van der Waals surface area (Å²) in [5.41, 5.74) is 2.35. The van der Waals surface area contributed by atoms with Crippen LogP contribution < -0.4 is 4.74 Å². The number of rotatable bonds is 12. The second-order valence-corrected chi connectivity index (χ2v) is 10.6. The molecule has 0 spiro atoms. The van der Waals surface area contributed by atoms with Gasteiger partial charge in [0.1, 0.15) is 12.4 Å². The number of hydrogen-bond donors (Lipinski definition) is 1. The van der Waals surface area contributed by atoms with E-state index in [1.54, 1.807) is 18.3 Å². The summed E-state index contributed by atoms with van der Waals surface area (Å²) < 4.78 is 45.2. The highest BCUT2D eigenvalue weighted by atomic mass is 32.2. The SMILES string of the molecule is CCOC(CCCc1ccc(OCCn2c(C)ccc2-c2ccc(C)s2)cc1)S(=O)(=O)O. The minimum atomic E-state index is -4.18. The first-order valence-corrected chi connectivity index (χ1v) is 13.1. The summed E-state index contributed by atoms with van der Waals surface area (Å²) in [6, 6.07) is 16.4. The van der Waals surface area contributed by atoms with Crippen LogP contribution in [-0.2, 0) is 27.8 Å². The van der Waals surface area contributed by atoms with E-state index >= 15 is 0 Å². The van der Waals surface area contributed by atoms with Crippen LogP contribution in [0.5, 0.6) is 5.75 Å². The Morgan fingerprint density at radius 1 is 1.06 bits per heavy atom. The van der Waals surface area contributed by atoms with Crippen LogP contribution in [0.25, 0.3) is 10.6 Å². The van der Waals surface area contributed by atoms with Crippen molar-refractivity contribution in [1.82, 2.24) is 4.57 Å². The van der Waals surface area contributed by atoms with Crippen molar-refractivity contribution >= 4 is 21.5 Å². The number of nitrogens with zero attached hydrogens (tertiary/aromatic N) is 1. The predicted octanol–water partition coefficient (Wildman–Crippen LogP) is 5.49. The monoisotopic (exact) mass is 477 g/mol. The summed E-state index contributed by atoms with van der Waals surface area (Å²) in [6.45, 7) is 7.51. The molecule has 0 aliphatic rings. The molecule has 1 N–H and O–H groups in total. The molecular weight excluding hydrogens is 446 g/mol. The lowest BCUT2D eigenvalue weighted by Gasteiger charge is -2.14. The molecule has 0 radical (unpaired) electrons. The largest absolute Gasteiger partial charge is 0.492 e. The Labute approximate surface area is 194 Å². The molecule has 3 rings (SSSR count). The average molecular weight is 478 g/mol. The lowest BCUT2D eigenvalue weighted by molar-refractivity contribution is 0.103. The second-order valence-electron chi connectivity index (χ2n) is 7.71. The van der Waals surface area contributed by atoms with Crippen molar-refractivity contribution in [3.63, 3.8) is 0 Å². The van der Waals surface area contributed by atoms with E-state index in [1.807, 2.05) is 24.3 Å². The van der Waals surface area contributed by atoms with Gasteiger partial charge in [0.05, 0.1) is 17.1 Å². The molecule has 1 atom stereocenters. The van der Waals surface area contributed by atoms with Gasteiger partial charge in [-0.1, -0.05) is 12.1 Å². The highest BCUT2D eigenvalue weighted by Crippen LogP contribution is 2.29. The fourth-order valence-electron chi connectivity index (χ4n) is 3.64. The zero-order chi connectivity index (χ0) is 23.1. The van der Waals surface area contributed by atoms with E-state index in [0.717, 1.165) is 17.9 Å². The third kappa shape index (κ3) is 6.68. The van der Waals surface area contributed by atoms with E-state index in [-0.39, 0.29) is 13.0 Å². The molecule has 174 valence electrons. The van der Waals surface area contributed by atoms with E-state index < -0.39 is 15.6 Å². The van der Waals surface area contributed by atoms with Crippen molar-refractivity contribution in [3.8, 4) is 16.3 Å². The number of benzene rings is 1. The normalized spacial score (nSPS) is 12.8. The lowest BCUT2D eigenvalue weighted by Crippen LogP contribution is -2.24. The molecule has 6 nitrogen and oxygen atoms in total. The van der Waals surface area contributed by atoms with Gasteiger partial charge in [-0.25, -0.2) is 0 Å². The molecule has 1 unspecified atom stereocenters. The van der Waals surface area contributed by atoms with Gasteiger partial charge in [0.25, 0.3) is 10.1 Å². The van der Waals surface area contributed by atoms with Gasteiger partial charge in [0.2, 0.25) is 0 Å². The van der Waals surface area contributed by atoms with Crippen molar-refractivity contribution < 1.29 is 22.4 Å². The molecule has 3 aromatic rings. The van der Waals surface area contributed by atoms with Crippen molar-refractivity contribution in [1.29, 1.82) is 0 Å². The number of thiophene rings is 1. The van der Waals surface area contributed by atoms with Crippen molar-refractivity contribution in [2.45, 2.75) is 52.0 Å². The summed E-state index contributed by atoms with van der Waals surface area (Å²) in [5, 5.41) is 0. The van der Waals surface area contributed by atoms with Crippen LogP contribution in [0.15, 0.2) is 48.5 Å². The number of aryl methyl sites for hydroxylation is 3. The van der Waals surface area contributed by atoms with Crippen LogP contribution >= 0.6 is 11.3 Å². The molecule has 1 aromatic carbocycles. The fraction of sp³-hybridized carbons (Fsp3) is 0.417. The van der Waals surface area contributed by atoms with Crippen molar-refractivity contribution in [2.24, 2.45) is 0 Å². The Balaban J connectivity index is 1.49. The summed E-state index contributed by atoms with van der Waals surface area (Å²) in [4.78, 5) is 2.56. The second kappa shape index (κ2) is 11.1. The first-order chi connectivity index (χ1) is 15.3. The quantitative estimate of drug-likeness (QED) is 0.349. The summed E-state index contributed by atoms with van der Waals surface area (Å²) in [5.74, 6) is 0.803. The molecule has 0 saturated heterocycles. The molecule has 2 heterocycles. The van der Waals surface area contributed by atoms with Crippen LogP contribution in [0.2, 0.25) is 0 Å². The van der Waals surface area contributed by atoms with E-state index in [9.17, 15) is 13.0 Å². The minimum Gasteiger partial charge on any atom is -0.492 e. The number of aromatic nitrogens is 1. The van der Waals surface area contributed by atoms with Gasteiger partial charge in [-0.2, -0.15) is 8.42 Å². The van der Waals surface area contributed by atoms with Gasteiger partial charge in [0, 0.05) is 17.2 Å². The summed E-state index contributed by atoms with van der Waals surface area (Å²) >= 11 is 1.80. The first-order valence-electron chi connectivity index (χ1n) is 10.8.